The van der Waals surface area contributed by atoms with Crippen molar-refractivity contribution >= 4 is 34.3 Å². The van der Waals surface area contributed by atoms with E-state index in [-0.39, 0.29) is 5.91 Å². The number of rotatable bonds is 8. The number of benzene rings is 3. The number of ether oxygens (including phenoxy) is 2. The number of amides is 1. The lowest BCUT2D eigenvalue weighted by Gasteiger charge is -2.11. The van der Waals surface area contributed by atoms with E-state index in [1.807, 2.05) is 42.5 Å². The van der Waals surface area contributed by atoms with Crippen LogP contribution in [-0.2, 0) is 11.5 Å². The molecule has 31 heavy (non-hydrogen) atoms. The summed E-state index contributed by atoms with van der Waals surface area (Å²) in [5, 5.41) is 3.86. The molecule has 5 nitrogen and oxygen atoms in total. The van der Waals surface area contributed by atoms with Gasteiger partial charge in [0.05, 0.1) is 19.9 Å². The van der Waals surface area contributed by atoms with Crippen LogP contribution in [0.15, 0.2) is 77.2 Å². The van der Waals surface area contributed by atoms with Gasteiger partial charge in [-0.15, -0.1) is 0 Å². The number of nitrogens with one attached hydrogen (secondary N) is 1. The SMILES string of the molecule is COc1ccc(OC)c(NC(=O)c2oc3ccccc3c2CSCc2ccccc2)c1. The molecule has 158 valence electrons. The minimum absolute atomic E-state index is 0.312. The molecule has 4 rings (SSSR count). The molecule has 0 unspecified atom stereocenters. The molecule has 1 aromatic heterocycles. The third-order valence-corrected chi connectivity index (χ3v) is 5.95. The van der Waals surface area contributed by atoms with Gasteiger partial charge in [0, 0.05) is 28.5 Å². The molecule has 0 radical (unpaired) electrons. The predicted octanol–water partition coefficient (Wildman–Crippen LogP) is 6.14. The Labute approximate surface area is 185 Å². The third-order valence-electron chi connectivity index (χ3n) is 4.92. The summed E-state index contributed by atoms with van der Waals surface area (Å²) in [5.41, 5.74) is 3.35. The fourth-order valence-corrected chi connectivity index (χ4v) is 4.38. The highest BCUT2D eigenvalue weighted by Gasteiger charge is 2.22. The highest BCUT2D eigenvalue weighted by atomic mass is 32.2. The van der Waals surface area contributed by atoms with Gasteiger partial charge >= 0.3 is 0 Å². The second-order valence-corrected chi connectivity index (χ2v) is 7.89. The van der Waals surface area contributed by atoms with Crippen LogP contribution in [0, 0.1) is 0 Å². The number of furan rings is 1. The number of carbonyl (C=O) groups excluding carboxylic acids is 1. The van der Waals surface area contributed by atoms with Gasteiger partial charge in [-0.1, -0.05) is 48.5 Å². The molecule has 0 aliphatic rings. The van der Waals surface area contributed by atoms with Gasteiger partial charge in [0.15, 0.2) is 5.76 Å². The van der Waals surface area contributed by atoms with Crippen LogP contribution >= 0.6 is 11.8 Å². The molecule has 4 aromatic rings. The Bertz CT molecular complexity index is 1190. The van der Waals surface area contributed by atoms with Gasteiger partial charge in [0.2, 0.25) is 0 Å². The highest BCUT2D eigenvalue weighted by Crippen LogP contribution is 2.33. The summed E-state index contributed by atoms with van der Waals surface area (Å²) >= 11 is 1.75. The Hall–Kier alpha value is -3.38. The van der Waals surface area contributed by atoms with Crippen LogP contribution in [0.2, 0.25) is 0 Å². The van der Waals surface area contributed by atoms with Crippen molar-refractivity contribution in [1.82, 2.24) is 0 Å². The normalized spacial score (nSPS) is 10.8. The Morgan fingerprint density at radius 2 is 1.71 bits per heavy atom. The number of hydrogen-bond donors (Lipinski definition) is 1. The van der Waals surface area contributed by atoms with Crippen molar-refractivity contribution in [2.75, 3.05) is 19.5 Å². The second-order valence-electron chi connectivity index (χ2n) is 6.90. The van der Waals surface area contributed by atoms with Crippen LogP contribution in [0.4, 0.5) is 5.69 Å². The molecule has 0 saturated heterocycles. The topological polar surface area (TPSA) is 60.7 Å². The summed E-state index contributed by atoms with van der Waals surface area (Å²) in [6.07, 6.45) is 0. The Kier molecular flexibility index (Phi) is 6.48. The molecule has 0 spiro atoms. The quantitative estimate of drug-likeness (QED) is 0.362. The summed E-state index contributed by atoms with van der Waals surface area (Å²) in [5.74, 6) is 2.67. The largest absolute Gasteiger partial charge is 0.497 e. The van der Waals surface area contributed by atoms with E-state index in [2.05, 4.69) is 17.4 Å². The van der Waals surface area contributed by atoms with Crippen LogP contribution in [0.5, 0.6) is 11.5 Å². The first-order valence-electron chi connectivity index (χ1n) is 9.85. The molecule has 0 fully saturated rings. The maximum absolute atomic E-state index is 13.2. The molecule has 1 amide bonds. The second kappa shape index (κ2) is 9.62. The molecule has 6 heteroatoms. The Morgan fingerprint density at radius 1 is 0.935 bits per heavy atom. The van der Waals surface area contributed by atoms with Crippen molar-refractivity contribution in [3.63, 3.8) is 0 Å². The van der Waals surface area contributed by atoms with Crippen LogP contribution in [0.25, 0.3) is 11.0 Å². The first-order chi connectivity index (χ1) is 15.2. The summed E-state index contributed by atoms with van der Waals surface area (Å²) in [4.78, 5) is 13.2. The first kappa shape index (κ1) is 20.9. The van der Waals surface area contributed by atoms with Crippen molar-refractivity contribution < 1.29 is 18.7 Å². The molecule has 1 heterocycles. The Balaban J connectivity index is 1.61. The van der Waals surface area contributed by atoms with E-state index in [0.29, 0.717) is 34.3 Å². The van der Waals surface area contributed by atoms with Gasteiger partial charge in [-0.2, -0.15) is 11.8 Å². The molecular weight excluding hydrogens is 410 g/mol. The molecule has 1 N–H and O–H groups in total. The van der Waals surface area contributed by atoms with Crippen LogP contribution in [0.1, 0.15) is 21.7 Å². The van der Waals surface area contributed by atoms with E-state index in [4.69, 9.17) is 13.9 Å². The van der Waals surface area contributed by atoms with Crippen LogP contribution in [-0.4, -0.2) is 20.1 Å². The standard InChI is InChI=1S/C25H23NO4S/c1-28-18-12-13-23(29-2)21(14-18)26-25(27)24-20(19-10-6-7-11-22(19)30-24)16-31-15-17-8-4-3-5-9-17/h3-14H,15-16H2,1-2H3,(H,26,27). The van der Waals surface area contributed by atoms with Gasteiger partial charge in [-0.25, -0.2) is 0 Å². The summed E-state index contributed by atoms with van der Waals surface area (Å²) < 4.78 is 16.6. The minimum Gasteiger partial charge on any atom is -0.497 e. The number of fused-ring (bicyclic) bond motifs is 1. The number of methoxy groups -OCH3 is 2. The van der Waals surface area contributed by atoms with Crippen molar-refractivity contribution in [2.45, 2.75) is 11.5 Å². The zero-order valence-corrected chi connectivity index (χ0v) is 18.2. The summed E-state index contributed by atoms with van der Waals surface area (Å²) in [6, 6.07) is 23.2. The predicted molar refractivity (Wildman–Crippen MR) is 125 cm³/mol. The first-order valence-corrected chi connectivity index (χ1v) is 11.0. The lowest BCUT2D eigenvalue weighted by molar-refractivity contribution is 0.0997. The molecule has 0 bridgehead atoms. The Morgan fingerprint density at radius 3 is 2.48 bits per heavy atom. The maximum Gasteiger partial charge on any atom is 0.291 e. The molecule has 3 aromatic carbocycles. The fourth-order valence-electron chi connectivity index (χ4n) is 3.36. The van der Waals surface area contributed by atoms with Gasteiger partial charge in [-0.05, 0) is 23.8 Å². The van der Waals surface area contributed by atoms with E-state index in [0.717, 1.165) is 16.7 Å². The summed E-state index contributed by atoms with van der Waals surface area (Å²) in [7, 11) is 3.14. The average Bonchev–Trinajstić information content (AvgIpc) is 3.18. The molecule has 0 aliphatic carbocycles. The zero-order valence-electron chi connectivity index (χ0n) is 17.4. The number of anilines is 1. The van der Waals surface area contributed by atoms with Crippen molar-refractivity contribution in [3.8, 4) is 11.5 Å². The fraction of sp³-hybridized carbons (Fsp3) is 0.160. The van der Waals surface area contributed by atoms with Crippen LogP contribution < -0.4 is 14.8 Å². The molecule has 0 saturated carbocycles. The monoisotopic (exact) mass is 433 g/mol. The highest BCUT2D eigenvalue weighted by molar-refractivity contribution is 7.97. The van der Waals surface area contributed by atoms with E-state index in [1.54, 1.807) is 44.2 Å². The van der Waals surface area contributed by atoms with Gasteiger partial charge in [0.1, 0.15) is 17.1 Å². The minimum atomic E-state index is -0.321. The third kappa shape index (κ3) is 4.70. The van der Waals surface area contributed by atoms with E-state index >= 15 is 0 Å². The molecular formula is C25H23NO4S. The van der Waals surface area contributed by atoms with Crippen molar-refractivity contribution in [1.29, 1.82) is 0 Å². The van der Waals surface area contributed by atoms with Gasteiger partial charge in [0.25, 0.3) is 5.91 Å². The van der Waals surface area contributed by atoms with Crippen molar-refractivity contribution in [2.24, 2.45) is 0 Å². The number of para-hydroxylation sites is 1. The van der Waals surface area contributed by atoms with E-state index in [9.17, 15) is 4.79 Å². The number of hydrogen-bond acceptors (Lipinski definition) is 5. The van der Waals surface area contributed by atoms with Gasteiger partial charge in [-0.3, -0.25) is 4.79 Å². The van der Waals surface area contributed by atoms with Crippen LogP contribution in [0.3, 0.4) is 0 Å². The van der Waals surface area contributed by atoms with E-state index < -0.39 is 0 Å². The van der Waals surface area contributed by atoms with Crippen molar-refractivity contribution in [3.05, 3.63) is 89.7 Å². The smallest absolute Gasteiger partial charge is 0.291 e. The number of thioether (sulfide) groups is 1. The summed E-state index contributed by atoms with van der Waals surface area (Å²) in [6.45, 7) is 0. The molecule has 0 aliphatic heterocycles. The lowest BCUT2D eigenvalue weighted by Crippen LogP contribution is -2.13. The number of carbonyl (C=O) groups is 1. The average molecular weight is 434 g/mol. The molecule has 0 atom stereocenters. The zero-order chi connectivity index (χ0) is 21.6. The lowest BCUT2D eigenvalue weighted by atomic mass is 10.1. The van der Waals surface area contributed by atoms with Gasteiger partial charge < -0.3 is 19.2 Å². The maximum atomic E-state index is 13.2. The van der Waals surface area contributed by atoms with E-state index in [1.165, 1.54) is 5.56 Å².